The van der Waals surface area contributed by atoms with Crippen LogP contribution in [0, 0.1) is 0 Å². The number of anilines is 1. The summed E-state index contributed by atoms with van der Waals surface area (Å²) >= 11 is 0. The van der Waals surface area contributed by atoms with Gasteiger partial charge in [-0.1, -0.05) is 13.8 Å². The van der Waals surface area contributed by atoms with Crippen molar-refractivity contribution in [2.75, 3.05) is 5.73 Å². The van der Waals surface area contributed by atoms with Gasteiger partial charge < -0.3 is 10.7 Å². The van der Waals surface area contributed by atoms with Gasteiger partial charge in [-0.25, -0.2) is 4.98 Å². The highest BCUT2D eigenvalue weighted by Crippen LogP contribution is 2.08. The average molecular weight is 164 g/mol. The van der Waals surface area contributed by atoms with E-state index >= 15 is 0 Å². The molecule has 0 aliphatic rings. The zero-order valence-electron chi connectivity index (χ0n) is 7.20. The quantitative estimate of drug-likeness (QED) is 0.621. The van der Waals surface area contributed by atoms with Gasteiger partial charge in [-0.05, 0) is 6.07 Å². The van der Waals surface area contributed by atoms with E-state index in [1.807, 2.05) is 19.9 Å². The largest absolute Gasteiger partial charge is 0.369 e. The zero-order chi connectivity index (χ0) is 8.97. The Labute approximate surface area is 70.8 Å². The molecule has 0 spiro atoms. The lowest BCUT2D eigenvalue weighted by Gasteiger charge is -1.80. The molecule has 12 heavy (non-hydrogen) atoms. The lowest BCUT2D eigenvalue weighted by molar-refractivity contribution is 1.34. The summed E-state index contributed by atoms with van der Waals surface area (Å²) in [5.41, 5.74) is 7.13. The van der Waals surface area contributed by atoms with E-state index in [2.05, 4.69) is 15.0 Å². The van der Waals surface area contributed by atoms with Gasteiger partial charge in [0.05, 0.1) is 17.2 Å². The highest BCUT2D eigenvalue weighted by atomic mass is 15.0. The third-order valence-corrected chi connectivity index (χ3v) is 1.30. The van der Waals surface area contributed by atoms with Crippen LogP contribution in [0.25, 0.3) is 11.0 Å². The van der Waals surface area contributed by atoms with E-state index in [4.69, 9.17) is 5.73 Å². The third kappa shape index (κ3) is 1.53. The number of aromatic amines is 1. The molecule has 0 bridgehead atoms. The van der Waals surface area contributed by atoms with Gasteiger partial charge in [0.15, 0.2) is 5.95 Å². The van der Waals surface area contributed by atoms with Crippen molar-refractivity contribution in [3.8, 4) is 0 Å². The summed E-state index contributed by atoms with van der Waals surface area (Å²) in [6.07, 6.45) is 3.38. The number of hydrogen-bond acceptors (Lipinski definition) is 3. The van der Waals surface area contributed by atoms with Crippen molar-refractivity contribution in [3.05, 3.63) is 18.5 Å². The van der Waals surface area contributed by atoms with E-state index < -0.39 is 0 Å². The fourth-order valence-electron chi connectivity index (χ4n) is 0.877. The maximum absolute atomic E-state index is 5.40. The van der Waals surface area contributed by atoms with Crippen molar-refractivity contribution < 1.29 is 0 Å². The van der Waals surface area contributed by atoms with E-state index in [1.165, 1.54) is 0 Å². The van der Waals surface area contributed by atoms with Crippen LogP contribution in [0.15, 0.2) is 18.5 Å². The normalized spacial score (nSPS) is 9.17. The molecule has 0 radical (unpaired) electrons. The van der Waals surface area contributed by atoms with Gasteiger partial charge in [0.25, 0.3) is 0 Å². The Morgan fingerprint density at radius 2 is 2.17 bits per heavy atom. The molecule has 2 aromatic heterocycles. The SMILES string of the molecule is CC.Nc1nc2ccncc2[nH]1. The van der Waals surface area contributed by atoms with Crippen molar-refractivity contribution in [1.82, 2.24) is 15.0 Å². The molecule has 0 saturated carbocycles. The van der Waals surface area contributed by atoms with Crippen LogP contribution in [0.2, 0.25) is 0 Å². The first kappa shape index (κ1) is 8.52. The van der Waals surface area contributed by atoms with Gasteiger partial charge in [0, 0.05) is 6.20 Å². The minimum absolute atomic E-state index is 0.433. The molecule has 4 heteroatoms. The predicted molar refractivity (Wildman–Crippen MR) is 49.6 cm³/mol. The lowest BCUT2D eigenvalue weighted by Crippen LogP contribution is -1.84. The molecular formula is C8H12N4. The van der Waals surface area contributed by atoms with Crippen LogP contribution >= 0.6 is 0 Å². The summed E-state index contributed by atoms with van der Waals surface area (Å²) in [4.78, 5) is 10.8. The zero-order valence-corrected chi connectivity index (χ0v) is 7.20. The van der Waals surface area contributed by atoms with E-state index in [0.717, 1.165) is 11.0 Å². The number of nitrogens with zero attached hydrogens (tertiary/aromatic N) is 2. The lowest BCUT2D eigenvalue weighted by atomic mass is 10.4. The van der Waals surface area contributed by atoms with Crippen LogP contribution in [0.5, 0.6) is 0 Å². The number of imidazole rings is 1. The Morgan fingerprint density at radius 1 is 1.42 bits per heavy atom. The smallest absolute Gasteiger partial charge is 0.198 e. The second-order valence-corrected chi connectivity index (χ2v) is 2.01. The standard InChI is InChI=1S/C6H6N4.C2H6/c7-6-9-4-1-2-8-3-5(4)10-6;1-2/h1-3H,(H3,7,9,10);1-2H3. The molecule has 0 unspecified atom stereocenters. The minimum Gasteiger partial charge on any atom is -0.369 e. The highest BCUT2D eigenvalue weighted by Gasteiger charge is 1.95. The molecular weight excluding hydrogens is 152 g/mol. The van der Waals surface area contributed by atoms with Crippen molar-refractivity contribution in [3.63, 3.8) is 0 Å². The molecule has 2 heterocycles. The topological polar surface area (TPSA) is 67.6 Å². The van der Waals surface area contributed by atoms with Crippen LogP contribution in [0.3, 0.4) is 0 Å². The monoisotopic (exact) mass is 164 g/mol. The first-order chi connectivity index (χ1) is 5.86. The molecule has 4 nitrogen and oxygen atoms in total. The second kappa shape index (κ2) is 3.71. The first-order valence-electron chi connectivity index (χ1n) is 3.91. The summed E-state index contributed by atoms with van der Waals surface area (Å²) in [5, 5.41) is 0. The Hall–Kier alpha value is -1.58. The molecule has 2 rings (SSSR count). The molecule has 0 atom stereocenters. The Bertz CT molecular complexity index is 320. The number of nitrogens with two attached hydrogens (primary N) is 1. The Morgan fingerprint density at radius 3 is 2.83 bits per heavy atom. The predicted octanol–water partition coefficient (Wildman–Crippen LogP) is 1.57. The highest BCUT2D eigenvalue weighted by molar-refractivity contribution is 5.75. The summed E-state index contributed by atoms with van der Waals surface area (Å²) in [5.74, 6) is 0.433. The molecule has 0 fully saturated rings. The van der Waals surface area contributed by atoms with Crippen LogP contribution in [0.4, 0.5) is 5.95 Å². The number of aromatic nitrogens is 3. The van der Waals surface area contributed by atoms with Crippen LogP contribution in [0.1, 0.15) is 13.8 Å². The fraction of sp³-hybridized carbons (Fsp3) is 0.250. The third-order valence-electron chi connectivity index (χ3n) is 1.30. The fourth-order valence-corrected chi connectivity index (χ4v) is 0.877. The van der Waals surface area contributed by atoms with Gasteiger partial charge in [0.1, 0.15) is 0 Å². The van der Waals surface area contributed by atoms with Crippen molar-refractivity contribution in [2.45, 2.75) is 13.8 Å². The van der Waals surface area contributed by atoms with E-state index in [1.54, 1.807) is 12.4 Å². The van der Waals surface area contributed by atoms with Crippen LogP contribution < -0.4 is 5.73 Å². The number of rotatable bonds is 0. The summed E-state index contributed by atoms with van der Waals surface area (Å²) < 4.78 is 0. The number of nitrogens with one attached hydrogen (secondary N) is 1. The maximum atomic E-state index is 5.40. The molecule has 3 N–H and O–H groups in total. The van der Waals surface area contributed by atoms with Crippen LogP contribution in [-0.4, -0.2) is 15.0 Å². The number of hydrogen-bond donors (Lipinski definition) is 2. The van der Waals surface area contributed by atoms with E-state index in [0.29, 0.717) is 5.95 Å². The minimum atomic E-state index is 0.433. The van der Waals surface area contributed by atoms with Crippen molar-refractivity contribution >= 4 is 17.0 Å². The van der Waals surface area contributed by atoms with Gasteiger partial charge in [-0.3, -0.25) is 4.98 Å². The van der Waals surface area contributed by atoms with Crippen molar-refractivity contribution in [1.29, 1.82) is 0 Å². The molecule has 0 aromatic carbocycles. The molecule has 0 amide bonds. The number of H-pyrrole nitrogens is 1. The molecule has 64 valence electrons. The molecule has 0 aliphatic carbocycles. The summed E-state index contributed by atoms with van der Waals surface area (Å²) in [6.45, 7) is 4.00. The maximum Gasteiger partial charge on any atom is 0.198 e. The molecule has 0 saturated heterocycles. The molecule has 0 aliphatic heterocycles. The Balaban J connectivity index is 0.000000336. The average Bonchev–Trinajstić information content (AvgIpc) is 2.48. The van der Waals surface area contributed by atoms with Crippen LogP contribution in [-0.2, 0) is 0 Å². The summed E-state index contributed by atoms with van der Waals surface area (Å²) in [7, 11) is 0. The van der Waals surface area contributed by atoms with Crippen molar-refractivity contribution in [2.24, 2.45) is 0 Å². The number of nitrogen functional groups attached to an aromatic ring is 1. The van der Waals surface area contributed by atoms with Gasteiger partial charge in [0.2, 0.25) is 0 Å². The number of pyridine rings is 1. The molecule has 2 aromatic rings. The van der Waals surface area contributed by atoms with Gasteiger partial charge in [-0.2, -0.15) is 0 Å². The summed E-state index contributed by atoms with van der Waals surface area (Å²) in [6, 6.07) is 1.81. The van der Waals surface area contributed by atoms with Gasteiger partial charge in [-0.15, -0.1) is 0 Å². The first-order valence-corrected chi connectivity index (χ1v) is 3.91. The number of fused-ring (bicyclic) bond motifs is 1. The van der Waals surface area contributed by atoms with Gasteiger partial charge >= 0.3 is 0 Å². The Kier molecular flexibility index (Phi) is 2.63. The van der Waals surface area contributed by atoms with E-state index in [9.17, 15) is 0 Å². The van der Waals surface area contributed by atoms with E-state index in [-0.39, 0.29) is 0 Å². The second-order valence-electron chi connectivity index (χ2n) is 2.01.